The Morgan fingerprint density at radius 3 is 1.19 bits per heavy atom. The molecule has 139 heavy (non-hydrogen) atoms. The standard InChI is InChI=1S/C27H25BN3O2.C26H23B2N3O4.C22H22BN4O2.2C16H15BNO2.2CH3/c1-21-9-2-3-10-22(21)17-29-16-8-12-24(19-29)31-20-30(25-13-5-6-14-26(25)31)18-23-11-4-7-15-27(23)33-28-32;32-27-34-25-11-5-1-7-20(25)17-29-15-13-22(14-16-29)31-19-30(23-9-3-4-10-24(23)31)18-21-8-2-6-12-26(21)35-28-33;1-18-6-2-3-7-19(18)13-26-15-21(12-24-16-26)27-11-10-25(17-27)14-20-8-4-5-9-22(20)29-23-28;19-17(20)15-9-3-1-7-14(15)12-18-11-5-8-13-6-2-4-10-16(13)18;19-17(20)16-8-4-3-7-15(16)12-18-10-9-13-5-1-2-6-14(13)11-18;;/h2-16,19-20,32H,17-18H2,1H3;1-16,19,32-33H,17-18H2;2-12,15-17,28H,13-14H2,1H3;2*1-11,19-20H,12H2;2*1H3/q3*+2;2*+1;2*-1. The molecule has 4 radical (unpaired) electrons. The number of pyridine rings is 4. The monoisotopic (exact) mass is 1840 g/mol. The average Bonchev–Trinajstić information content (AvgIpc) is 1.62. The minimum Gasteiger partial charge on any atom is -0.537 e. The summed E-state index contributed by atoms with van der Waals surface area (Å²) >= 11 is 0. The maximum absolute atomic E-state index is 9.44. The number of hydrogen-bond acceptors (Lipinski definition) is 13. The zero-order valence-corrected chi connectivity index (χ0v) is 77.6. The molecule has 8 aromatic heterocycles. The zero-order valence-electron chi connectivity index (χ0n) is 77.6. The summed E-state index contributed by atoms with van der Waals surface area (Å²) in [5, 5.41) is 77.4. The third kappa shape index (κ3) is 25.7. The van der Waals surface area contributed by atoms with Gasteiger partial charge in [-0.1, -0.05) is 223 Å². The van der Waals surface area contributed by atoms with Crippen LogP contribution in [0.25, 0.3) is 60.8 Å². The molecule has 20 aromatic rings. The van der Waals surface area contributed by atoms with Crippen LogP contribution in [0.1, 0.15) is 55.6 Å². The van der Waals surface area contributed by atoms with Crippen molar-refractivity contribution in [2.24, 2.45) is 0 Å². The van der Waals surface area contributed by atoms with E-state index in [0.717, 1.165) is 110 Å². The van der Waals surface area contributed by atoms with Gasteiger partial charge >= 0.3 is 45.0 Å². The van der Waals surface area contributed by atoms with E-state index in [2.05, 4.69) is 243 Å². The molecule has 0 saturated carbocycles. The second-order valence-corrected chi connectivity index (χ2v) is 32.5. The number of hydrogen-bond donors (Lipinski definition) is 8. The third-order valence-corrected chi connectivity index (χ3v) is 23.5. The van der Waals surface area contributed by atoms with Crippen molar-refractivity contribution in [3.63, 3.8) is 0 Å². The Kier molecular flexibility index (Phi) is 35.1. The van der Waals surface area contributed by atoms with Gasteiger partial charge in [-0.05, 0) is 126 Å². The van der Waals surface area contributed by atoms with Crippen molar-refractivity contribution in [1.82, 2.24) is 18.7 Å². The normalized spacial score (nSPS) is 10.6. The van der Waals surface area contributed by atoms with Crippen molar-refractivity contribution in [1.29, 1.82) is 0 Å². The van der Waals surface area contributed by atoms with Crippen LogP contribution < -0.4 is 66.1 Å². The van der Waals surface area contributed by atoms with Crippen molar-refractivity contribution in [3.05, 3.63) is 498 Å². The van der Waals surface area contributed by atoms with Crippen LogP contribution in [0.3, 0.4) is 0 Å². The molecule has 12 aromatic carbocycles. The van der Waals surface area contributed by atoms with Crippen LogP contribution in [0.5, 0.6) is 23.0 Å². The second kappa shape index (κ2) is 49.1. The molecule has 30 heteroatoms. The lowest BCUT2D eigenvalue weighted by Gasteiger charge is -2.07. The van der Waals surface area contributed by atoms with Crippen LogP contribution in [0, 0.1) is 28.7 Å². The fourth-order valence-corrected chi connectivity index (χ4v) is 16.6. The van der Waals surface area contributed by atoms with Crippen molar-refractivity contribution >= 4 is 99.6 Å². The molecular weight excluding hydrogens is 1730 g/mol. The zero-order chi connectivity index (χ0) is 94.6. The topological polar surface area (TPSA) is 257 Å². The summed E-state index contributed by atoms with van der Waals surface area (Å²) in [6.07, 6.45) is 30.4. The highest BCUT2D eigenvalue weighted by atomic mass is 16.5. The van der Waals surface area contributed by atoms with Gasteiger partial charge in [-0.2, -0.15) is 22.8 Å². The summed E-state index contributed by atoms with van der Waals surface area (Å²) in [6.45, 7) is 9.52. The number of benzene rings is 12. The summed E-state index contributed by atoms with van der Waals surface area (Å²) in [7, 11) is -0.0416. The Morgan fingerprint density at radius 1 is 0.288 bits per heavy atom. The molecule has 8 heterocycles. The van der Waals surface area contributed by atoms with Crippen LogP contribution in [-0.2, 0) is 52.4 Å². The average molecular weight is 1840 g/mol. The first-order valence-corrected chi connectivity index (χ1v) is 44.6. The Balaban J connectivity index is 0.000000140. The molecule has 686 valence electrons. The maximum atomic E-state index is 9.44. The Labute approximate surface area is 812 Å². The molecule has 0 aliphatic heterocycles. The first kappa shape index (κ1) is 99.2. The minimum absolute atomic E-state index is 0. The predicted octanol–water partition coefficient (Wildman–Crippen LogP) is 10.00. The summed E-state index contributed by atoms with van der Waals surface area (Å²) in [4.78, 5) is 4.40. The van der Waals surface area contributed by atoms with Crippen molar-refractivity contribution in [3.8, 4) is 40.1 Å². The Bertz CT molecular complexity index is 7430. The SMILES string of the molecule is Cc1ccccc1C[n+]1cccc(-n2c[n+](Cc3ccccc3O[B]O)c3ccccc32)c1.Cc1ccccc1C[n+]1cncc(-n2cc[n+](Cc3ccccc3O[B]O)c2)c1.OB(O)c1ccccc1C[n+]1ccc2ccccc2c1.OB(O)c1ccccc1C[n+]1cccc2ccccc21.O[B]Oc1ccccc1C[n+]1ccc(-n2c[n+](Cc3ccccc3O[B]O)c3ccccc32)cc1.[CH3-].[CH3-]. The molecule has 20 rings (SSSR count). The van der Waals surface area contributed by atoms with E-state index in [1.807, 2.05) is 241 Å². The molecule has 0 saturated heterocycles. The lowest BCUT2D eigenvalue weighted by Crippen LogP contribution is -2.40. The van der Waals surface area contributed by atoms with Gasteiger partial charge in [0.25, 0.3) is 6.33 Å². The molecule has 0 amide bonds. The maximum Gasteiger partial charge on any atom is 0.569 e. The highest BCUT2D eigenvalue weighted by Gasteiger charge is 2.26. The van der Waals surface area contributed by atoms with E-state index in [4.69, 9.17) is 38.7 Å². The van der Waals surface area contributed by atoms with Crippen molar-refractivity contribution < 1.29 is 95.3 Å². The van der Waals surface area contributed by atoms with E-state index in [9.17, 15) is 20.1 Å². The number of imidazole rings is 3. The third-order valence-electron chi connectivity index (χ3n) is 23.5. The first-order valence-electron chi connectivity index (χ1n) is 44.6. The van der Waals surface area contributed by atoms with E-state index in [1.165, 1.54) is 27.6 Å². The predicted molar refractivity (Wildman–Crippen MR) is 540 cm³/mol. The van der Waals surface area contributed by atoms with E-state index in [1.54, 1.807) is 12.1 Å². The molecule has 0 aliphatic carbocycles. The van der Waals surface area contributed by atoms with Gasteiger partial charge in [0.05, 0.1) is 5.56 Å². The lowest BCUT2D eigenvalue weighted by atomic mass is 9.77. The molecule has 0 aliphatic rings. The van der Waals surface area contributed by atoms with Gasteiger partial charge < -0.3 is 73.7 Å². The summed E-state index contributed by atoms with van der Waals surface area (Å²) < 4.78 is 44.3. The fourth-order valence-electron chi connectivity index (χ4n) is 16.6. The summed E-state index contributed by atoms with van der Waals surface area (Å²) in [5.41, 5.74) is 20.6. The number of rotatable bonds is 29. The number of fused-ring (bicyclic) bond motifs is 4. The van der Waals surface area contributed by atoms with Gasteiger partial charge in [0.15, 0.2) is 97.3 Å². The minimum atomic E-state index is -1.44. The molecule has 24 nitrogen and oxygen atoms in total. The van der Waals surface area contributed by atoms with Crippen LogP contribution in [0.4, 0.5) is 0 Å². The van der Waals surface area contributed by atoms with Crippen LogP contribution in [-0.4, -0.2) is 104 Å². The van der Waals surface area contributed by atoms with Gasteiger partial charge in [-0.25, -0.2) is 27.4 Å². The Morgan fingerprint density at radius 2 is 0.662 bits per heavy atom. The Hall–Kier alpha value is -15.7. The van der Waals surface area contributed by atoms with Crippen LogP contribution in [0.2, 0.25) is 0 Å². The van der Waals surface area contributed by atoms with E-state index in [-0.39, 0.29) is 14.9 Å². The second-order valence-electron chi connectivity index (χ2n) is 32.5. The van der Waals surface area contributed by atoms with E-state index in [0.29, 0.717) is 96.2 Å². The van der Waals surface area contributed by atoms with Gasteiger partial charge in [-0.3, -0.25) is 0 Å². The highest BCUT2D eigenvalue weighted by molar-refractivity contribution is 6.59. The van der Waals surface area contributed by atoms with Gasteiger partial charge in [0, 0.05) is 80.6 Å². The quantitative estimate of drug-likeness (QED) is 0.0124. The number of aromatic nitrogens is 12. The van der Waals surface area contributed by atoms with E-state index >= 15 is 0 Å². The summed E-state index contributed by atoms with van der Waals surface area (Å²) in [6, 6.07) is 110. The lowest BCUT2D eigenvalue weighted by molar-refractivity contribution is -0.692. The van der Waals surface area contributed by atoms with Crippen molar-refractivity contribution in [2.75, 3.05) is 0 Å². The number of aryl methyl sites for hydroxylation is 2. The number of para-hydroxylation sites is 9. The molecule has 0 atom stereocenters. The van der Waals surface area contributed by atoms with Gasteiger partial charge in [-0.15, -0.1) is 0 Å². The van der Waals surface area contributed by atoms with Crippen LogP contribution >= 0.6 is 0 Å². The van der Waals surface area contributed by atoms with Gasteiger partial charge in [0.2, 0.25) is 36.4 Å². The highest BCUT2D eigenvalue weighted by Crippen LogP contribution is 2.26. The molecule has 0 spiro atoms. The van der Waals surface area contributed by atoms with Gasteiger partial charge in [0.1, 0.15) is 73.5 Å². The molecule has 0 unspecified atom stereocenters. The molecule has 0 fully saturated rings. The van der Waals surface area contributed by atoms with Crippen molar-refractivity contribution in [2.45, 2.75) is 66.2 Å². The molecule has 0 bridgehead atoms. The van der Waals surface area contributed by atoms with Crippen LogP contribution in [0.15, 0.2) is 427 Å². The largest absolute Gasteiger partial charge is 0.569 e. The first-order chi connectivity index (χ1) is 67.2. The summed E-state index contributed by atoms with van der Waals surface area (Å²) in [5.74, 6) is 2.50. The molecule has 8 N–H and O–H groups in total. The smallest absolute Gasteiger partial charge is 0.537 e. The van der Waals surface area contributed by atoms with E-state index < -0.39 is 14.2 Å². The fraction of sp³-hybridized carbons (Fsp3) is 0.0917. The molecular formula is C109H106B6N12O12+6. The number of nitrogens with zero attached hydrogens (tertiary/aromatic N) is 12.